The minimum atomic E-state index is -0.702. The van der Waals surface area contributed by atoms with Gasteiger partial charge in [0, 0.05) is 18.9 Å². The molecular formula is C19H39BN2O3. The van der Waals surface area contributed by atoms with E-state index in [0.717, 1.165) is 51.5 Å². The van der Waals surface area contributed by atoms with Crippen LogP contribution < -0.4 is 11.1 Å². The molecular weight excluding hydrogens is 315 g/mol. The van der Waals surface area contributed by atoms with E-state index in [1.807, 2.05) is 13.8 Å². The molecule has 0 fully saturated rings. The first-order valence-electron chi connectivity index (χ1n) is 10.0. The molecule has 0 aliphatic heterocycles. The second-order valence-corrected chi connectivity index (χ2v) is 6.13. The third kappa shape index (κ3) is 19.1. The summed E-state index contributed by atoms with van der Waals surface area (Å²) in [6, 6.07) is 0. The van der Waals surface area contributed by atoms with Gasteiger partial charge in [0.2, 0.25) is 5.91 Å². The van der Waals surface area contributed by atoms with Gasteiger partial charge in [-0.15, -0.1) is 0 Å². The van der Waals surface area contributed by atoms with Crippen LogP contribution in [0.1, 0.15) is 84.5 Å². The topological polar surface area (TPSA) is 92.4 Å². The van der Waals surface area contributed by atoms with Crippen molar-refractivity contribution in [1.29, 1.82) is 0 Å². The number of unbranched alkanes of at least 4 members (excludes halogenated alkanes) is 7. The highest BCUT2D eigenvalue weighted by atomic mass is 16.4. The molecule has 4 N–H and O–H groups in total. The van der Waals surface area contributed by atoms with Gasteiger partial charge in [-0.1, -0.05) is 58.7 Å². The summed E-state index contributed by atoms with van der Waals surface area (Å²) in [6.45, 7) is 5.32. The molecule has 0 heterocycles. The van der Waals surface area contributed by atoms with E-state index in [1.54, 1.807) is 0 Å². The van der Waals surface area contributed by atoms with Crippen molar-refractivity contribution in [2.45, 2.75) is 90.8 Å². The largest absolute Gasteiger partial charge is 0.481 e. The van der Waals surface area contributed by atoms with Crippen molar-refractivity contribution >= 4 is 19.7 Å². The van der Waals surface area contributed by atoms with Crippen molar-refractivity contribution in [2.24, 2.45) is 11.7 Å². The summed E-state index contributed by atoms with van der Waals surface area (Å²) in [6.07, 6.45) is 10.8. The van der Waals surface area contributed by atoms with Crippen LogP contribution in [0, 0.1) is 5.92 Å². The van der Waals surface area contributed by atoms with Crippen LogP contribution in [-0.4, -0.2) is 37.9 Å². The van der Waals surface area contributed by atoms with E-state index in [9.17, 15) is 9.59 Å². The molecule has 0 aliphatic rings. The smallest absolute Gasteiger partial charge is 0.303 e. The number of hydrogen-bond acceptors (Lipinski definition) is 3. The number of amides is 1. The Morgan fingerprint density at radius 1 is 0.960 bits per heavy atom. The van der Waals surface area contributed by atoms with Crippen molar-refractivity contribution in [3.8, 4) is 0 Å². The first kappa shape index (κ1) is 26.2. The van der Waals surface area contributed by atoms with Crippen LogP contribution in [0.4, 0.5) is 0 Å². The molecule has 2 radical (unpaired) electrons. The van der Waals surface area contributed by atoms with Crippen LogP contribution in [-0.2, 0) is 9.59 Å². The fourth-order valence-corrected chi connectivity index (χ4v) is 2.54. The summed E-state index contributed by atoms with van der Waals surface area (Å²) in [5, 5.41) is 11.5. The summed E-state index contributed by atoms with van der Waals surface area (Å²) in [5.41, 5.74) is 5.45. The highest BCUT2D eigenvalue weighted by Crippen LogP contribution is 2.11. The normalized spacial score (nSPS) is 11.3. The van der Waals surface area contributed by atoms with Crippen molar-refractivity contribution in [1.82, 2.24) is 5.32 Å². The minimum absolute atomic E-state index is 0.0550. The fourth-order valence-electron chi connectivity index (χ4n) is 2.54. The van der Waals surface area contributed by atoms with E-state index < -0.39 is 5.97 Å². The third-order valence-electron chi connectivity index (χ3n) is 4.03. The van der Waals surface area contributed by atoms with Crippen LogP contribution in [0.5, 0.6) is 0 Å². The first-order valence-corrected chi connectivity index (χ1v) is 10.0. The average Bonchev–Trinajstić information content (AvgIpc) is 2.61. The zero-order chi connectivity index (χ0) is 19.3. The number of nitrogens with two attached hydrogens (primary N) is 1. The van der Waals surface area contributed by atoms with Gasteiger partial charge in [0.15, 0.2) is 0 Å². The van der Waals surface area contributed by atoms with Crippen molar-refractivity contribution < 1.29 is 14.7 Å². The van der Waals surface area contributed by atoms with Gasteiger partial charge >= 0.3 is 5.97 Å². The van der Waals surface area contributed by atoms with Crippen LogP contribution in [0.15, 0.2) is 0 Å². The lowest BCUT2D eigenvalue weighted by Crippen LogP contribution is -2.31. The van der Waals surface area contributed by atoms with Crippen LogP contribution in [0.25, 0.3) is 0 Å². The van der Waals surface area contributed by atoms with Gasteiger partial charge in [-0.2, -0.15) is 0 Å². The van der Waals surface area contributed by atoms with Crippen molar-refractivity contribution in [2.75, 3.05) is 13.1 Å². The van der Waals surface area contributed by atoms with Crippen molar-refractivity contribution in [3.05, 3.63) is 0 Å². The molecule has 0 bridgehead atoms. The lowest BCUT2D eigenvalue weighted by Gasteiger charge is -2.14. The molecule has 0 aromatic carbocycles. The third-order valence-corrected chi connectivity index (χ3v) is 4.03. The Bertz CT molecular complexity index is 315. The molecule has 0 spiro atoms. The maximum absolute atomic E-state index is 11.9. The van der Waals surface area contributed by atoms with E-state index >= 15 is 0 Å². The predicted octanol–water partition coefficient (Wildman–Crippen LogP) is 3.67. The van der Waals surface area contributed by atoms with E-state index in [4.69, 9.17) is 18.7 Å². The summed E-state index contributed by atoms with van der Waals surface area (Å²) in [7, 11) is 5.62. The van der Waals surface area contributed by atoms with Crippen LogP contribution in [0.3, 0.4) is 0 Å². The van der Waals surface area contributed by atoms with Crippen LogP contribution in [0.2, 0.25) is 6.32 Å². The fraction of sp³-hybridized carbons (Fsp3) is 0.895. The SMILES string of the molecule is CC.[B]CC(CCCN)C(=O)NCCCCCCCCCCC(=O)O. The molecule has 6 heteroatoms. The van der Waals surface area contributed by atoms with Gasteiger partial charge < -0.3 is 16.2 Å². The Labute approximate surface area is 155 Å². The Balaban J connectivity index is 0. The Hall–Kier alpha value is -1.04. The van der Waals surface area contributed by atoms with E-state index in [2.05, 4.69) is 5.32 Å². The highest BCUT2D eigenvalue weighted by molar-refractivity contribution is 6.10. The number of hydrogen-bond donors (Lipinski definition) is 3. The molecule has 0 aliphatic carbocycles. The summed E-state index contributed by atoms with van der Waals surface area (Å²) in [5.74, 6) is -0.754. The van der Waals surface area contributed by atoms with Gasteiger partial charge in [0.25, 0.3) is 0 Å². The Morgan fingerprint density at radius 2 is 1.48 bits per heavy atom. The lowest BCUT2D eigenvalue weighted by molar-refractivity contribution is -0.137. The number of carboxylic acids is 1. The molecule has 0 saturated carbocycles. The van der Waals surface area contributed by atoms with Gasteiger partial charge in [-0.25, -0.2) is 0 Å². The summed E-state index contributed by atoms with van der Waals surface area (Å²) < 4.78 is 0. The predicted molar refractivity (Wildman–Crippen MR) is 106 cm³/mol. The van der Waals surface area contributed by atoms with Crippen molar-refractivity contribution in [3.63, 3.8) is 0 Å². The van der Waals surface area contributed by atoms with Gasteiger partial charge in [0.1, 0.15) is 0 Å². The van der Waals surface area contributed by atoms with Gasteiger partial charge in [-0.3, -0.25) is 9.59 Å². The quantitative estimate of drug-likeness (QED) is 0.291. The maximum Gasteiger partial charge on any atom is 0.303 e. The number of carbonyl (C=O) groups excluding carboxylic acids is 1. The highest BCUT2D eigenvalue weighted by Gasteiger charge is 2.14. The molecule has 1 atom stereocenters. The number of carbonyl (C=O) groups is 2. The molecule has 1 unspecified atom stereocenters. The second-order valence-electron chi connectivity index (χ2n) is 6.13. The van der Waals surface area contributed by atoms with Gasteiger partial charge in [-0.05, 0) is 32.2 Å². The Kier molecular flexibility index (Phi) is 22.0. The zero-order valence-corrected chi connectivity index (χ0v) is 16.4. The van der Waals surface area contributed by atoms with Gasteiger partial charge in [0.05, 0.1) is 7.85 Å². The molecule has 0 aromatic rings. The number of nitrogens with one attached hydrogen (secondary N) is 1. The first-order chi connectivity index (χ1) is 12.1. The monoisotopic (exact) mass is 354 g/mol. The van der Waals surface area contributed by atoms with E-state index in [0.29, 0.717) is 12.9 Å². The summed E-state index contributed by atoms with van der Waals surface area (Å²) in [4.78, 5) is 22.2. The number of aliphatic carboxylic acids is 1. The molecule has 0 rings (SSSR count). The maximum atomic E-state index is 11.9. The average molecular weight is 354 g/mol. The molecule has 1 amide bonds. The summed E-state index contributed by atoms with van der Waals surface area (Å²) >= 11 is 0. The Morgan fingerprint density at radius 3 is 1.96 bits per heavy atom. The standard InChI is InChI=1S/C17H33BN2O3.C2H6/c18-14-15(10-9-12-19)17(23)20-13-8-6-4-2-1-3-5-7-11-16(21)22;1-2/h15H,1-14,19H2,(H,20,23)(H,21,22);1-2H3. The van der Waals surface area contributed by atoms with E-state index in [1.165, 1.54) is 19.3 Å². The lowest BCUT2D eigenvalue weighted by atomic mass is 9.87. The minimum Gasteiger partial charge on any atom is -0.481 e. The molecule has 5 nitrogen and oxygen atoms in total. The molecule has 0 aromatic heterocycles. The zero-order valence-electron chi connectivity index (χ0n) is 16.4. The molecule has 25 heavy (non-hydrogen) atoms. The number of rotatable bonds is 16. The molecule has 146 valence electrons. The van der Waals surface area contributed by atoms with E-state index in [-0.39, 0.29) is 18.2 Å². The van der Waals surface area contributed by atoms with Crippen LogP contribution >= 0.6 is 0 Å². The number of carboxylic acid groups (broad SMARTS) is 1. The second kappa shape index (κ2) is 21.0. The molecule has 0 saturated heterocycles.